The second kappa shape index (κ2) is 10.6. The molecule has 0 bridgehead atoms. The van der Waals surface area contributed by atoms with Gasteiger partial charge in [-0.1, -0.05) is 30.3 Å². The number of ether oxygens (including phenoxy) is 1. The van der Waals surface area contributed by atoms with Crippen LogP contribution in [0.15, 0.2) is 84.0 Å². The van der Waals surface area contributed by atoms with Crippen molar-refractivity contribution in [2.45, 2.75) is 16.2 Å². The summed E-state index contributed by atoms with van der Waals surface area (Å²) in [6.45, 7) is 0. The zero-order valence-corrected chi connectivity index (χ0v) is 18.6. The van der Waals surface area contributed by atoms with Gasteiger partial charge in [0.25, 0.3) is 5.91 Å². The molecule has 1 atom stereocenters. The Balaban J connectivity index is 1.70. The van der Waals surface area contributed by atoms with E-state index in [0.29, 0.717) is 17.3 Å². The van der Waals surface area contributed by atoms with E-state index in [1.54, 1.807) is 24.5 Å². The first-order valence-electron chi connectivity index (χ1n) is 9.52. The first-order chi connectivity index (χ1) is 15.3. The number of sulfone groups is 1. The zero-order chi connectivity index (χ0) is 23.0. The van der Waals surface area contributed by atoms with E-state index in [9.17, 15) is 18.3 Å². The lowest BCUT2D eigenvalue weighted by Crippen LogP contribution is -2.52. The van der Waals surface area contributed by atoms with Gasteiger partial charge in [0.2, 0.25) is 0 Å². The van der Waals surface area contributed by atoms with Crippen molar-refractivity contribution in [3.8, 4) is 11.5 Å². The van der Waals surface area contributed by atoms with Gasteiger partial charge in [0.15, 0.2) is 15.4 Å². The van der Waals surface area contributed by atoms with Crippen LogP contribution in [0.4, 0.5) is 0 Å². The number of thioether (sulfide) groups is 1. The van der Waals surface area contributed by atoms with Crippen LogP contribution in [0.1, 0.15) is 5.56 Å². The molecule has 0 aliphatic rings. The lowest BCUT2D eigenvalue weighted by Gasteiger charge is -2.25. The number of nitrogens with one attached hydrogen (secondary N) is 1. The van der Waals surface area contributed by atoms with E-state index in [1.165, 1.54) is 41.5 Å². The van der Waals surface area contributed by atoms with Gasteiger partial charge >= 0.3 is 0 Å². The number of hydroxylamine groups is 1. The SMILES string of the molecule is O=C(NO)C(O)(CSCc1ccccc1)CS(=O)(=O)c1ccc(Oc2ccncc2)cc1. The lowest BCUT2D eigenvalue weighted by molar-refractivity contribution is -0.144. The van der Waals surface area contributed by atoms with Gasteiger partial charge in [-0.25, -0.2) is 13.9 Å². The summed E-state index contributed by atoms with van der Waals surface area (Å²) < 4.78 is 31.4. The number of nitrogens with zero attached hydrogens (tertiary/aromatic N) is 1. The molecular formula is C22H22N2O6S2. The highest BCUT2D eigenvalue weighted by Crippen LogP contribution is 2.26. The van der Waals surface area contributed by atoms with Gasteiger partial charge in [0.1, 0.15) is 11.5 Å². The first kappa shape index (κ1) is 23.7. The molecule has 0 aliphatic heterocycles. The molecule has 168 valence electrons. The third kappa shape index (κ3) is 6.30. The number of hydrogen-bond acceptors (Lipinski definition) is 8. The van der Waals surface area contributed by atoms with E-state index in [0.717, 1.165) is 5.56 Å². The van der Waals surface area contributed by atoms with E-state index in [-0.39, 0.29) is 10.6 Å². The number of carbonyl (C=O) groups is 1. The van der Waals surface area contributed by atoms with Crippen molar-refractivity contribution in [1.29, 1.82) is 0 Å². The van der Waals surface area contributed by atoms with Crippen LogP contribution in [0.2, 0.25) is 0 Å². The highest BCUT2D eigenvalue weighted by molar-refractivity contribution is 7.98. The van der Waals surface area contributed by atoms with Gasteiger partial charge in [-0.15, -0.1) is 0 Å². The van der Waals surface area contributed by atoms with Crippen molar-refractivity contribution >= 4 is 27.5 Å². The normalized spacial score (nSPS) is 13.2. The molecule has 0 saturated carbocycles. The van der Waals surface area contributed by atoms with Crippen molar-refractivity contribution in [2.75, 3.05) is 11.5 Å². The fourth-order valence-corrected chi connectivity index (χ4v) is 5.65. The molecule has 3 rings (SSSR count). The summed E-state index contributed by atoms with van der Waals surface area (Å²) in [5.41, 5.74) is 0.00816. The summed E-state index contributed by atoms with van der Waals surface area (Å²) in [5.74, 6) is -0.880. The van der Waals surface area contributed by atoms with Crippen molar-refractivity contribution in [3.63, 3.8) is 0 Å². The quantitative estimate of drug-likeness (QED) is 0.303. The number of hydrogen-bond donors (Lipinski definition) is 3. The largest absolute Gasteiger partial charge is 0.457 e. The maximum absolute atomic E-state index is 12.9. The Hall–Kier alpha value is -2.92. The van der Waals surface area contributed by atoms with Crippen molar-refractivity contribution in [2.24, 2.45) is 0 Å². The fraction of sp³-hybridized carbons (Fsp3) is 0.182. The number of amides is 1. The van der Waals surface area contributed by atoms with Crippen LogP contribution in [-0.2, 0) is 20.4 Å². The average molecular weight is 475 g/mol. The first-order valence-corrected chi connectivity index (χ1v) is 12.3. The van der Waals surface area contributed by atoms with Gasteiger partial charge in [-0.3, -0.25) is 15.0 Å². The number of carbonyl (C=O) groups excluding carboxylic acids is 1. The molecule has 1 aromatic heterocycles. The zero-order valence-electron chi connectivity index (χ0n) is 16.9. The van der Waals surface area contributed by atoms with Crippen molar-refractivity contribution < 1.29 is 28.3 Å². The van der Waals surface area contributed by atoms with E-state index in [1.807, 2.05) is 30.3 Å². The van der Waals surface area contributed by atoms with Crippen LogP contribution in [0.5, 0.6) is 11.5 Å². The van der Waals surface area contributed by atoms with Gasteiger partial charge < -0.3 is 9.84 Å². The molecule has 1 unspecified atom stereocenters. The Bertz CT molecular complexity index is 1130. The van der Waals surface area contributed by atoms with Crippen LogP contribution in [-0.4, -0.2) is 46.7 Å². The summed E-state index contributed by atoms with van der Waals surface area (Å²) in [7, 11) is -4.06. The number of aliphatic hydroxyl groups is 1. The Kier molecular flexibility index (Phi) is 7.86. The number of rotatable bonds is 10. The predicted molar refractivity (Wildman–Crippen MR) is 120 cm³/mol. The third-order valence-electron chi connectivity index (χ3n) is 4.47. The molecule has 8 nitrogen and oxygen atoms in total. The van der Waals surface area contributed by atoms with Gasteiger partial charge in [-0.2, -0.15) is 11.8 Å². The Morgan fingerprint density at radius 2 is 1.62 bits per heavy atom. The Labute approximate surface area is 190 Å². The Morgan fingerprint density at radius 3 is 2.25 bits per heavy atom. The summed E-state index contributed by atoms with van der Waals surface area (Å²) in [5, 5.41) is 19.8. The summed E-state index contributed by atoms with van der Waals surface area (Å²) in [6.07, 6.45) is 3.13. The van der Waals surface area contributed by atoms with Gasteiger partial charge in [0, 0.05) is 23.9 Å². The molecule has 0 radical (unpaired) electrons. The summed E-state index contributed by atoms with van der Waals surface area (Å²) in [4.78, 5) is 15.9. The molecule has 3 aromatic rings. The van der Waals surface area contributed by atoms with Crippen molar-refractivity contribution in [3.05, 3.63) is 84.7 Å². The van der Waals surface area contributed by atoms with Crippen LogP contribution < -0.4 is 10.2 Å². The maximum atomic E-state index is 12.9. The van der Waals surface area contributed by atoms with Crippen LogP contribution in [0.3, 0.4) is 0 Å². The predicted octanol–water partition coefficient (Wildman–Crippen LogP) is 2.82. The molecule has 0 spiro atoms. The molecule has 0 fully saturated rings. The van der Waals surface area contributed by atoms with E-state index < -0.39 is 27.1 Å². The van der Waals surface area contributed by atoms with E-state index in [2.05, 4.69) is 4.98 Å². The lowest BCUT2D eigenvalue weighted by atomic mass is 10.1. The monoisotopic (exact) mass is 474 g/mol. The van der Waals surface area contributed by atoms with Crippen LogP contribution >= 0.6 is 11.8 Å². The number of aromatic nitrogens is 1. The van der Waals surface area contributed by atoms with Crippen LogP contribution in [0, 0.1) is 0 Å². The number of benzene rings is 2. The third-order valence-corrected chi connectivity index (χ3v) is 7.54. The van der Waals surface area contributed by atoms with Gasteiger partial charge in [0.05, 0.1) is 10.6 Å². The van der Waals surface area contributed by atoms with E-state index in [4.69, 9.17) is 9.94 Å². The molecule has 2 aromatic carbocycles. The van der Waals surface area contributed by atoms with Crippen molar-refractivity contribution in [1.82, 2.24) is 10.5 Å². The highest BCUT2D eigenvalue weighted by Gasteiger charge is 2.41. The van der Waals surface area contributed by atoms with E-state index >= 15 is 0 Å². The molecule has 1 amide bonds. The average Bonchev–Trinajstić information content (AvgIpc) is 2.80. The smallest absolute Gasteiger partial charge is 0.277 e. The second-order valence-corrected chi connectivity index (χ2v) is 9.94. The Morgan fingerprint density at radius 1 is 1.00 bits per heavy atom. The van der Waals surface area contributed by atoms with Crippen LogP contribution in [0.25, 0.3) is 0 Å². The topological polar surface area (TPSA) is 126 Å². The van der Waals surface area contributed by atoms with Gasteiger partial charge in [-0.05, 0) is 42.0 Å². The summed E-state index contributed by atoms with van der Waals surface area (Å²) >= 11 is 1.19. The minimum Gasteiger partial charge on any atom is -0.457 e. The molecule has 10 heteroatoms. The second-order valence-electron chi connectivity index (χ2n) is 6.97. The fourth-order valence-electron chi connectivity index (χ4n) is 2.84. The summed E-state index contributed by atoms with van der Waals surface area (Å²) in [6, 6.07) is 18.3. The molecule has 0 aliphatic carbocycles. The minimum atomic E-state index is -4.06. The standard InChI is InChI=1S/C22H22N2O6S2/c25-21(24-27)22(26,15-31-14-17-4-2-1-3-5-17)16-32(28,29)20-8-6-18(7-9-20)30-19-10-12-23-13-11-19/h1-13,26-27H,14-16H2,(H,24,25). The highest BCUT2D eigenvalue weighted by atomic mass is 32.2. The molecular weight excluding hydrogens is 452 g/mol. The molecule has 3 N–H and O–H groups in total. The molecule has 32 heavy (non-hydrogen) atoms. The molecule has 0 saturated heterocycles. The minimum absolute atomic E-state index is 0.0863. The maximum Gasteiger partial charge on any atom is 0.277 e. The number of pyridine rings is 1. The molecule has 1 heterocycles.